The van der Waals surface area contributed by atoms with Gasteiger partial charge in [-0.1, -0.05) is 13.8 Å². The van der Waals surface area contributed by atoms with Crippen LogP contribution >= 0.6 is 0 Å². The van der Waals surface area contributed by atoms with E-state index in [4.69, 9.17) is 4.74 Å². The molecule has 0 aliphatic carbocycles. The van der Waals surface area contributed by atoms with Gasteiger partial charge in [0.1, 0.15) is 5.82 Å². The van der Waals surface area contributed by atoms with Gasteiger partial charge in [0, 0.05) is 36.8 Å². The number of guanidine groups is 1. The van der Waals surface area contributed by atoms with Crippen molar-refractivity contribution >= 4 is 16.9 Å². The molecule has 1 unspecified atom stereocenters. The lowest BCUT2D eigenvalue weighted by atomic mass is 10.1. The molecule has 27 heavy (non-hydrogen) atoms. The van der Waals surface area contributed by atoms with Crippen molar-refractivity contribution in [3.8, 4) is 0 Å². The number of aromatic amines is 1. The highest BCUT2D eigenvalue weighted by Crippen LogP contribution is 2.19. The van der Waals surface area contributed by atoms with Crippen LogP contribution in [0, 0.1) is 11.7 Å². The molecule has 0 saturated heterocycles. The van der Waals surface area contributed by atoms with Gasteiger partial charge in [-0.2, -0.15) is 0 Å². The van der Waals surface area contributed by atoms with E-state index < -0.39 is 6.10 Å². The highest BCUT2D eigenvalue weighted by molar-refractivity contribution is 5.83. The Labute approximate surface area is 160 Å². The molecule has 1 atom stereocenters. The maximum Gasteiger partial charge on any atom is 0.191 e. The van der Waals surface area contributed by atoms with Gasteiger partial charge in [-0.15, -0.1) is 0 Å². The third-order valence-corrected chi connectivity index (χ3v) is 3.98. The van der Waals surface area contributed by atoms with E-state index in [0.717, 1.165) is 29.4 Å². The van der Waals surface area contributed by atoms with Crippen molar-refractivity contribution < 1.29 is 14.2 Å². The van der Waals surface area contributed by atoms with E-state index >= 15 is 0 Å². The number of rotatable bonds is 10. The number of nitrogens with one attached hydrogen (secondary N) is 3. The molecule has 7 heteroatoms. The average Bonchev–Trinajstić information content (AvgIpc) is 3.01. The molecule has 2 aromatic rings. The molecule has 0 aliphatic heterocycles. The molecule has 1 heterocycles. The summed E-state index contributed by atoms with van der Waals surface area (Å²) in [5, 5.41) is 17.4. The van der Waals surface area contributed by atoms with Gasteiger partial charge in [-0.25, -0.2) is 4.39 Å². The van der Waals surface area contributed by atoms with Crippen molar-refractivity contribution in [1.29, 1.82) is 0 Å². The quantitative estimate of drug-likeness (QED) is 0.378. The first-order valence-electron chi connectivity index (χ1n) is 9.53. The SMILES string of the molecule is CCNC(=NCC(O)COCC(C)C)NCCc1c[nH]c2cc(F)ccc12. The smallest absolute Gasteiger partial charge is 0.191 e. The van der Waals surface area contributed by atoms with E-state index in [1.807, 2.05) is 13.1 Å². The minimum absolute atomic E-state index is 0.244. The summed E-state index contributed by atoms with van der Waals surface area (Å²) in [5.41, 5.74) is 1.92. The van der Waals surface area contributed by atoms with Crippen LogP contribution < -0.4 is 10.6 Å². The Bertz CT molecular complexity index is 730. The number of hydrogen-bond donors (Lipinski definition) is 4. The van der Waals surface area contributed by atoms with Crippen molar-refractivity contribution in [3.63, 3.8) is 0 Å². The third-order valence-electron chi connectivity index (χ3n) is 3.98. The lowest BCUT2D eigenvalue weighted by Crippen LogP contribution is -2.39. The molecule has 1 aromatic carbocycles. The maximum absolute atomic E-state index is 13.3. The lowest BCUT2D eigenvalue weighted by Gasteiger charge is -2.14. The first-order valence-corrected chi connectivity index (χ1v) is 9.53. The third kappa shape index (κ3) is 7.19. The molecule has 0 aliphatic rings. The zero-order valence-corrected chi connectivity index (χ0v) is 16.4. The van der Waals surface area contributed by atoms with Gasteiger partial charge >= 0.3 is 0 Å². The summed E-state index contributed by atoms with van der Waals surface area (Å²) in [6.07, 6.45) is 2.06. The standard InChI is InChI=1S/C20H31FN4O2/c1-4-22-20(25-11-17(26)13-27-12-14(2)3)23-8-7-15-10-24-19-9-16(21)5-6-18(15)19/h5-6,9-10,14,17,24,26H,4,7-8,11-13H2,1-3H3,(H2,22,23,25). The highest BCUT2D eigenvalue weighted by Gasteiger charge is 2.07. The average molecular weight is 378 g/mol. The molecule has 0 radical (unpaired) electrons. The second-order valence-electron chi connectivity index (χ2n) is 6.99. The summed E-state index contributed by atoms with van der Waals surface area (Å²) in [7, 11) is 0. The van der Waals surface area contributed by atoms with Crippen LogP contribution in [0.1, 0.15) is 26.3 Å². The molecule has 150 valence electrons. The predicted molar refractivity (Wildman–Crippen MR) is 108 cm³/mol. The first-order chi connectivity index (χ1) is 13.0. The van der Waals surface area contributed by atoms with Crippen LogP contribution in [-0.4, -0.2) is 55.0 Å². The second-order valence-corrected chi connectivity index (χ2v) is 6.99. The van der Waals surface area contributed by atoms with Crippen LogP contribution in [0.3, 0.4) is 0 Å². The molecule has 1 aromatic heterocycles. The number of ether oxygens (including phenoxy) is 1. The zero-order chi connectivity index (χ0) is 19.6. The van der Waals surface area contributed by atoms with Gasteiger partial charge in [0.25, 0.3) is 0 Å². The molecule has 0 saturated carbocycles. The number of nitrogens with zero attached hydrogens (tertiary/aromatic N) is 1. The van der Waals surface area contributed by atoms with Crippen molar-refractivity contribution in [2.75, 3.05) is 32.8 Å². The molecule has 6 nitrogen and oxygen atoms in total. The summed E-state index contributed by atoms with van der Waals surface area (Å²) in [4.78, 5) is 7.51. The maximum atomic E-state index is 13.3. The molecule has 2 rings (SSSR count). The summed E-state index contributed by atoms with van der Waals surface area (Å²) in [6.45, 7) is 8.74. The van der Waals surface area contributed by atoms with Crippen LogP contribution in [0.15, 0.2) is 29.4 Å². The van der Waals surface area contributed by atoms with Gasteiger partial charge < -0.3 is 25.5 Å². The summed E-state index contributed by atoms with van der Waals surface area (Å²) in [6, 6.07) is 4.77. The van der Waals surface area contributed by atoms with Crippen molar-refractivity contribution in [2.45, 2.75) is 33.3 Å². The molecular weight excluding hydrogens is 347 g/mol. The fourth-order valence-corrected chi connectivity index (χ4v) is 2.71. The zero-order valence-electron chi connectivity index (χ0n) is 16.4. The molecule has 4 N–H and O–H groups in total. The van der Waals surface area contributed by atoms with Gasteiger partial charge in [-0.3, -0.25) is 4.99 Å². The van der Waals surface area contributed by atoms with E-state index in [1.54, 1.807) is 6.07 Å². The summed E-state index contributed by atoms with van der Waals surface area (Å²) in [5.74, 6) is 0.860. The van der Waals surface area contributed by atoms with E-state index in [-0.39, 0.29) is 19.0 Å². The molecule has 0 spiro atoms. The van der Waals surface area contributed by atoms with Crippen LogP contribution in [0.25, 0.3) is 10.9 Å². The number of aliphatic imine (C=N–C) groups is 1. The van der Waals surface area contributed by atoms with Crippen molar-refractivity contribution in [1.82, 2.24) is 15.6 Å². The second kappa shape index (κ2) is 10.9. The van der Waals surface area contributed by atoms with Gasteiger partial charge in [-0.05, 0) is 43.0 Å². The Balaban J connectivity index is 1.82. The molecule has 0 fully saturated rings. The van der Waals surface area contributed by atoms with Crippen molar-refractivity contribution in [3.05, 3.63) is 35.8 Å². The number of aromatic nitrogens is 1. The Hall–Kier alpha value is -2.12. The molecule has 0 amide bonds. The number of H-pyrrole nitrogens is 1. The lowest BCUT2D eigenvalue weighted by molar-refractivity contribution is 0.0301. The normalized spacial score (nSPS) is 13.3. The Morgan fingerprint density at radius 2 is 2.11 bits per heavy atom. The van der Waals surface area contributed by atoms with E-state index in [2.05, 4.69) is 34.5 Å². The predicted octanol–water partition coefficient (Wildman–Crippen LogP) is 2.44. The number of halogens is 1. The van der Waals surface area contributed by atoms with Crippen molar-refractivity contribution in [2.24, 2.45) is 10.9 Å². The fraction of sp³-hybridized carbons (Fsp3) is 0.550. The number of fused-ring (bicyclic) bond motifs is 1. The summed E-state index contributed by atoms with van der Waals surface area (Å²) < 4.78 is 18.7. The van der Waals surface area contributed by atoms with Gasteiger partial charge in [0.15, 0.2) is 5.96 Å². The molecular formula is C20H31FN4O2. The van der Waals surface area contributed by atoms with E-state index in [0.29, 0.717) is 25.0 Å². The van der Waals surface area contributed by atoms with Crippen LogP contribution in [0.5, 0.6) is 0 Å². The topological polar surface area (TPSA) is 81.7 Å². The van der Waals surface area contributed by atoms with Crippen LogP contribution in [0.2, 0.25) is 0 Å². The fourth-order valence-electron chi connectivity index (χ4n) is 2.71. The Morgan fingerprint density at radius 1 is 1.30 bits per heavy atom. The number of aliphatic hydroxyl groups excluding tert-OH is 1. The van der Waals surface area contributed by atoms with Gasteiger partial charge in [0.2, 0.25) is 0 Å². The van der Waals surface area contributed by atoms with Crippen LogP contribution in [0.4, 0.5) is 4.39 Å². The van der Waals surface area contributed by atoms with E-state index in [1.165, 1.54) is 12.1 Å². The Kier molecular flexibility index (Phi) is 8.54. The van der Waals surface area contributed by atoms with Gasteiger partial charge in [0.05, 0.1) is 19.3 Å². The number of hydrogen-bond acceptors (Lipinski definition) is 3. The highest BCUT2D eigenvalue weighted by atomic mass is 19.1. The molecule has 0 bridgehead atoms. The minimum atomic E-state index is -0.622. The largest absolute Gasteiger partial charge is 0.389 e. The number of benzene rings is 1. The monoisotopic (exact) mass is 378 g/mol. The first kappa shape index (κ1) is 21.2. The summed E-state index contributed by atoms with van der Waals surface area (Å²) >= 11 is 0. The number of aliphatic hydroxyl groups is 1. The van der Waals surface area contributed by atoms with Crippen LogP contribution in [-0.2, 0) is 11.2 Å². The minimum Gasteiger partial charge on any atom is -0.389 e. The van der Waals surface area contributed by atoms with E-state index in [9.17, 15) is 9.50 Å². The Morgan fingerprint density at radius 3 is 2.85 bits per heavy atom.